The van der Waals surface area contributed by atoms with Gasteiger partial charge in [0.1, 0.15) is 24.4 Å². The van der Waals surface area contributed by atoms with Gasteiger partial charge < -0.3 is 45.1 Å². The molecular formula is C84H143NO10. The van der Waals surface area contributed by atoms with Gasteiger partial charge in [-0.1, -0.05) is 328 Å². The molecule has 8 unspecified atom stereocenters. The van der Waals surface area contributed by atoms with Gasteiger partial charge in [-0.25, -0.2) is 0 Å². The summed E-state index contributed by atoms with van der Waals surface area (Å²) in [4.78, 5) is 26.8. The fourth-order valence-electron chi connectivity index (χ4n) is 11.5. The Balaban J connectivity index is 2.55. The number of carbonyl (C=O) groups excluding carboxylic acids is 2. The molecule has 6 N–H and O–H groups in total. The van der Waals surface area contributed by atoms with E-state index < -0.39 is 67.4 Å². The molecule has 1 amide bonds. The molecule has 8 atom stereocenters. The smallest absolute Gasteiger partial charge is 0.306 e. The summed E-state index contributed by atoms with van der Waals surface area (Å²) in [7, 11) is 0. The van der Waals surface area contributed by atoms with E-state index in [2.05, 4.69) is 148 Å². The van der Waals surface area contributed by atoms with Gasteiger partial charge >= 0.3 is 5.97 Å². The molecule has 0 aromatic rings. The van der Waals surface area contributed by atoms with E-state index >= 15 is 0 Å². The number of amides is 1. The zero-order valence-electron chi connectivity index (χ0n) is 60.7. The molecule has 1 aliphatic heterocycles. The molecule has 0 bridgehead atoms. The number of carbonyl (C=O) groups is 2. The van der Waals surface area contributed by atoms with Crippen LogP contribution in [0.2, 0.25) is 0 Å². The van der Waals surface area contributed by atoms with Gasteiger partial charge in [-0.2, -0.15) is 0 Å². The number of unbranched alkanes of at least 4 members (excludes halogenated alkanes) is 32. The molecule has 1 fully saturated rings. The van der Waals surface area contributed by atoms with Gasteiger partial charge in [0.2, 0.25) is 5.91 Å². The molecule has 0 aromatic heterocycles. The van der Waals surface area contributed by atoms with Crippen molar-refractivity contribution in [3.8, 4) is 0 Å². The molecule has 544 valence electrons. The average Bonchev–Trinajstić information content (AvgIpc) is 0.829. The molecule has 0 saturated carbocycles. The lowest BCUT2D eigenvalue weighted by molar-refractivity contribution is -0.305. The molecule has 11 nitrogen and oxygen atoms in total. The number of hydrogen-bond donors (Lipinski definition) is 6. The minimum Gasteiger partial charge on any atom is -0.454 e. The number of hydrogen-bond acceptors (Lipinski definition) is 10. The van der Waals surface area contributed by atoms with Gasteiger partial charge in [-0.3, -0.25) is 9.59 Å². The van der Waals surface area contributed by atoms with Crippen LogP contribution < -0.4 is 5.32 Å². The standard InChI is InChI=1S/C84H143NO10/c1-4-7-10-13-16-19-22-25-27-29-31-33-35-37-39-41-43-45-47-49-51-54-57-60-63-66-69-72-79(89)95-82-81(91)80(90)78(73-86)94-84(82)93-74-75(76(87)70-67-64-61-58-55-52-24-21-18-15-12-9-6-3)85-83(92)77(88)71-68-65-62-59-56-53-50-48-46-44-42-40-38-36-34-32-30-28-26-23-20-17-14-11-8-5-2/h8,11,16-17,19-20,25-28,31-34,37-40,44,46,67,70,75-78,80-82,84,86-88,90-91H,4-7,9-10,12-15,18,21-24,29-30,35-36,41-43,45,47-66,68-69,71-74H2,1-3H3,(H,85,92)/b11-8-,19-16-,20-17-,27-25-,28-26-,33-31-,34-32-,39-37-,40-38-,46-44-,70-67+. The lowest BCUT2D eigenvalue weighted by atomic mass is 9.99. The lowest BCUT2D eigenvalue weighted by Crippen LogP contribution is -2.61. The number of nitrogens with one attached hydrogen (secondary N) is 1. The number of aliphatic hydroxyl groups excluding tert-OH is 5. The number of aliphatic hydroxyl groups is 5. The first-order valence-electron chi connectivity index (χ1n) is 39.0. The Morgan fingerprint density at radius 3 is 1.16 bits per heavy atom. The van der Waals surface area contributed by atoms with Crippen molar-refractivity contribution in [1.29, 1.82) is 0 Å². The monoisotopic (exact) mass is 1330 g/mol. The van der Waals surface area contributed by atoms with E-state index in [1.807, 2.05) is 6.08 Å². The van der Waals surface area contributed by atoms with E-state index in [4.69, 9.17) is 14.2 Å². The predicted octanol–water partition coefficient (Wildman–Crippen LogP) is 21.1. The Labute approximate surface area is 582 Å². The minimum atomic E-state index is -1.63. The zero-order valence-corrected chi connectivity index (χ0v) is 60.7. The summed E-state index contributed by atoms with van der Waals surface area (Å²) in [5.41, 5.74) is 0. The van der Waals surface area contributed by atoms with Crippen molar-refractivity contribution in [2.45, 2.75) is 372 Å². The van der Waals surface area contributed by atoms with E-state index in [0.717, 1.165) is 141 Å². The highest BCUT2D eigenvalue weighted by atomic mass is 16.7. The lowest BCUT2D eigenvalue weighted by Gasteiger charge is -2.41. The van der Waals surface area contributed by atoms with Crippen molar-refractivity contribution in [2.24, 2.45) is 0 Å². The maximum atomic E-state index is 13.5. The summed E-state index contributed by atoms with van der Waals surface area (Å²) in [6.07, 6.45) is 89.1. The number of esters is 1. The van der Waals surface area contributed by atoms with Gasteiger partial charge in [0.25, 0.3) is 0 Å². The summed E-state index contributed by atoms with van der Waals surface area (Å²) in [5, 5.41) is 57.4. The summed E-state index contributed by atoms with van der Waals surface area (Å²) in [6.45, 7) is 5.67. The first-order chi connectivity index (χ1) is 46.7. The predicted molar refractivity (Wildman–Crippen MR) is 402 cm³/mol. The normalized spacial score (nSPS) is 18.5. The van der Waals surface area contributed by atoms with Crippen molar-refractivity contribution in [3.63, 3.8) is 0 Å². The van der Waals surface area contributed by atoms with Crippen LogP contribution in [0.5, 0.6) is 0 Å². The van der Waals surface area contributed by atoms with Crippen LogP contribution in [0.1, 0.15) is 323 Å². The molecule has 0 aromatic carbocycles. The van der Waals surface area contributed by atoms with Crippen molar-refractivity contribution >= 4 is 11.9 Å². The topological polar surface area (TPSA) is 175 Å². The van der Waals surface area contributed by atoms with Crippen molar-refractivity contribution in [3.05, 3.63) is 134 Å². The third-order valence-electron chi connectivity index (χ3n) is 17.5. The molecule has 0 spiro atoms. The van der Waals surface area contributed by atoms with Crippen LogP contribution in [-0.2, 0) is 23.8 Å². The van der Waals surface area contributed by atoms with Crippen molar-refractivity contribution in [2.75, 3.05) is 13.2 Å². The highest BCUT2D eigenvalue weighted by Crippen LogP contribution is 2.26. The zero-order chi connectivity index (χ0) is 68.8. The van der Waals surface area contributed by atoms with Crippen LogP contribution in [0.25, 0.3) is 0 Å². The Morgan fingerprint density at radius 1 is 0.421 bits per heavy atom. The van der Waals surface area contributed by atoms with Gasteiger partial charge in [0.05, 0.1) is 25.4 Å². The fourth-order valence-corrected chi connectivity index (χ4v) is 11.5. The summed E-state index contributed by atoms with van der Waals surface area (Å²) < 4.78 is 17.7. The van der Waals surface area contributed by atoms with E-state index in [-0.39, 0.29) is 19.4 Å². The third kappa shape index (κ3) is 56.4. The van der Waals surface area contributed by atoms with Gasteiger partial charge in [0, 0.05) is 6.42 Å². The number of ether oxygens (including phenoxy) is 3. The Bertz CT molecular complexity index is 2070. The summed E-state index contributed by atoms with van der Waals surface area (Å²) >= 11 is 0. The Kier molecular flexibility index (Phi) is 65.2. The average molecular weight is 1330 g/mol. The fraction of sp³-hybridized carbons (Fsp3) is 0.714. The summed E-state index contributed by atoms with van der Waals surface area (Å²) in [5.74, 6) is -1.21. The number of allylic oxidation sites excluding steroid dienone is 21. The molecule has 1 rings (SSSR count). The molecule has 0 radical (unpaired) electrons. The molecule has 0 aliphatic carbocycles. The van der Waals surface area contributed by atoms with E-state index in [1.165, 1.54) is 135 Å². The summed E-state index contributed by atoms with van der Waals surface area (Å²) in [6, 6.07) is -1.04. The second kappa shape index (κ2) is 69.7. The number of rotatable bonds is 66. The molecular weight excluding hydrogens is 1180 g/mol. The molecule has 1 saturated heterocycles. The Hall–Kier alpha value is -4.20. The SMILES string of the molecule is CC/C=C\C/C=C\C/C=C\C/C=C\C/C=C\C/C=C\CCCCCCCCCC(O)C(=O)NC(COC1OC(CO)C(O)C(O)C1OC(=O)CCCCCCCCCCCCC/C=C\C/C=C\C/C=C\C/C=C\CCCCC)C(O)/C=C/CCCCCCCCCCCCC. The van der Waals surface area contributed by atoms with E-state index in [0.29, 0.717) is 12.8 Å². The highest BCUT2D eigenvalue weighted by Gasteiger charge is 2.47. The second-order valence-electron chi connectivity index (χ2n) is 26.4. The minimum absolute atomic E-state index is 0.113. The van der Waals surface area contributed by atoms with Gasteiger partial charge in [-0.15, -0.1) is 0 Å². The Morgan fingerprint density at radius 2 is 0.758 bits per heavy atom. The molecule has 1 aliphatic rings. The van der Waals surface area contributed by atoms with Crippen LogP contribution in [0.3, 0.4) is 0 Å². The van der Waals surface area contributed by atoms with Crippen LogP contribution in [0.4, 0.5) is 0 Å². The maximum Gasteiger partial charge on any atom is 0.306 e. The molecule has 1 heterocycles. The second-order valence-corrected chi connectivity index (χ2v) is 26.4. The van der Waals surface area contributed by atoms with Gasteiger partial charge in [-0.05, 0) is 122 Å². The first kappa shape index (κ1) is 88.8. The quantitative estimate of drug-likeness (QED) is 0.0195. The van der Waals surface area contributed by atoms with E-state index in [9.17, 15) is 35.1 Å². The maximum absolute atomic E-state index is 13.5. The van der Waals surface area contributed by atoms with Crippen LogP contribution in [0.15, 0.2) is 134 Å². The van der Waals surface area contributed by atoms with E-state index in [1.54, 1.807) is 6.08 Å². The highest BCUT2D eigenvalue weighted by molar-refractivity contribution is 5.80. The largest absolute Gasteiger partial charge is 0.454 e. The van der Waals surface area contributed by atoms with Crippen molar-refractivity contribution in [1.82, 2.24) is 5.32 Å². The van der Waals surface area contributed by atoms with Crippen LogP contribution in [0, 0.1) is 0 Å². The first-order valence-corrected chi connectivity index (χ1v) is 39.0. The van der Waals surface area contributed by atoms with Crippen molar-refractivity contribution < 1.29 is 49.3 Å². The molecule has 11 heteroatoms. The molecule has 95 heavy (non-hydrogen) atoms. The third-order valence-corrected chi connectivity index (χ3v) is 17.5. The van der Waals surface area contributed by atoms with Crippen LogP contribution >= 0.6 is 0 Å². The van der Waals surface area contributed by atoms with Gasteiger partial charge in [0.15, 0.2) is 12.4 Å². The van der Waals surface area contributed by atoms with Crippen LogP contribution in [-0.4, -0.2) is 99.6 Å².